The van der Waals surface area contributed by atoms with Crippen molar-refractivity contribution in [2.24, 2.45) is 0 Å². The van der Waals surface area contributed by atoms with E-state index in [9.17, 15) is 4.79 Å². The van der Waals surface area contributed by atoms with Crippen molar-refractivity contribution < 1.29 is 9.90 Å². The summed E-state index contributed by atoms with van der Waals surface area (Å²) in [5, 5.41) is 12.7. The van der Waals surface area contributed by atoms with Crippen LogP contribution in [0.3, 0.4) is 0 Å². The fourth-order valence-electron chi connectivity index (χ4n) is 1.25. The van der Waals surface area contributed by atoms with Gasteiger partial charge in [0.2, 0.25) is 0 Å². The Bertz CT molecular complexity index is 517. The fraction of sp³-hybridized carbons (Fsp3) is 0.125. The van der Waals surface area contributed by atoms with Crippen molar-refractivity contribution in [3.8, 4) is 0 Å². The zero-order valence-electron chi connectivity index (χ0n) is 7.43. The Morgan fingerprint density at radius 1 is 1.64 bits per heavy atom. The molecule has 0 unspecified atom stereocenters. The molecule has 0 aromatic carbocycles. The third kappa shape index (κ3) is 1.17. The summed E-state index contributed by atoms with van der Waals surface area (Å²) < 4.78 is 1.42. The molecular formula is C8H8N4O2. The molecule has 3 N–H and O–H groups in total. The minimum Gasteiger partial charge on any atom is -0.478 e. The number of rotatable bonds is 1. The molecule has 0 fully saturated rings. The minimum atomic E-state index is -1.01. The largest absolute Gasteiger partial charge is 0.478 e. The summed E-state index contributed by atoms with van der Waals surface area (Å²) in [6.07, 6.45) is 1.41. The minimum absolute atomic E-state index is 0.150. The Morgan fingerprint density at radius 3 is 3.00 bits per heavy atom. The first-order valence-corrected chi connectivity index (χ1v) is 3.94. The van der Waals surface area contributed by atoms with Gasteiger partial charge in [0.25, 0.3) is 0 Å². The van der Waals surface area contributed by atoms with Gasteiger partial charge in [0.1, 0.15) is 11.3 Å². The van der Waals surface area contributed by atoms with E-state index >= 15 is 0 Å². The lowest BCUT2D eigenvalue weighted by atomic mass is 10.3. The number of nitrogens with zero attached hydrogens (tertiary/aromatic N) is 3. The number of aromatic carboxylic acids is 1. The highest BCUT2D eigenvalue weighted by atomic mass is 16.4. The van der Waals surface area contributed by atoms with Crippen molar-refractivity contribution in [2.75, 3.05) is 5.73 Å². The molecule has 0 atom stereocenters. The summed E-state index contributed by atoms with van der Waals surface area (Å²) in [5.74, 6) is -0.222. The van der Waals surface area contributed by atoms with Crippen LogP contribution in [-0.4, -0.2) is 25.7 Å². The lowest BCUT2D eigenvalue weighted by Crippen LogP contribution is -2.01. The van der Waals surface area contributed by atoms with E-state index in [2.05, 4.69) is 10.1 Å². The quantitative estimate of drug-likeness (QED) is 0.678. The van der Waals surface area contributed by atoms with Crippen molar-refractivity contribution in [1.82, 2.24) is 14.6 Å². The maximum Gasteiger partial charge on any atom is 0.337 e. The average Bonchev–Trinajstić information content (AvgIpc) is 2.47. The maximum absolute atomic E-state index is 10.7. The second-order valence-corrected chi connectivity index (χ2v) is 2.91. The monoisotopic (exact) mass is 192 g/mol. The van der Waals surface area contributed by atoms with Crippen LogP contribution in [0.4, 0.5) is 5.82 Å². The number of nitrogens with two attached hydrogens (primary N) is 1. The smallest absolute Gasteiger partial charge is 0.337 e. The molecule has 0 saturated heterocycles. The molecule has 14 heavy (non-hydrogen) atoms. The zero-order chi connectivity index (χ0) is 10.3. The van der Waals surface area contributed by atoms with Crippen molar-refractivity contribution in [2.45, 2.75) is 6.92 Å². The Hall–Kier alpha value is -2.11. The van der Waals surface area contributed by atoms with Gasteiger partial charge in [0.15, 0.2) is 5.82 Å². The van der Waals surface area contributed by atoms with Crippen LogP contribution < -0.4 is 5.73 Å². The third-order valence-corrected chi connectivity index (χ3v) is 1.84. The molecule has 2 heterocycles. The SMILES string of the molecule is Cc1nc(N)c2cc(C(=O)O)cn2n1. The number of hydrogen-bond acceptors (Lipinski definition) is 4. The number of anilines is 1. The predicted octanol–water partition coefficient (Wildman–Crippen LogP) is 0.318. The molecule has 0 aliphatic carbocycles. The standard InChI is InChI=1S/C8H8N4O2/c1-4-10-7(9)6-2-5(8(13)14)3-12(6)11-4/h2-3H,1H3,(H,13,14)(H2,9,10,11). The van der Waals surface area contributed by atoms with E-state index in [-0.39, 0.29) is 11.4 Å². The zero-order valence-corrected chi connectivity index (χ0v) is 7.43. The molecule has 0 amide bonds. The molecule has 0 aliphatic heterocycles. The summed E-state index contributed by atoms with van der Waals surface area (Å²) in [5.41, 5.74) is 6.26. The van der Waals surface area contributed by atoms with Crippen LogP contribution in [0.5, 0.6) is 0 Å². The van der Waals surface area contributed by atoms with Crippen LogP contribution >= 0.6 is 0 Å². The van der Waals surface area contributed by atoms with Gasteiger partial charge in [-0.1, -0.05) is 0 Å². The Labute approximate surface area is 79.0 Å². The maximum atomic E-state index is 10.7. The second kappa shape index (κ2) is 2.69. The van der Waals surface area contributed by atoms with Gasteiger partial charge < -0.3 is 10.8 Å². The molecule has 0 spiro atoms. The highest BCUT2D eigenvalue weighted by Crippen LogP contribution is 2.13. The molecule has 6 heteroatoms. The van der Waals surface area contributed by atoms with E-state index < -0.39 is 5.97 Å². The van der Waals surface area contributed by atoms with Crippen LogP contribution in [0.1, 0.15) is 16.2 Å². The first-order valence-electron chi connectivity index (χ1n) is 3.94. The average molecular weight is 192 g/mol. The van der Waals surface area contributed by atoms with Crippen LogP contribution in [0, 0.1) is 6.92 Å². The van der Waals surface area contributed by atoms with E-state index in [1.54, 1.807) is 6.92 Å². The molecule has 0 radical (unpaired) electrons. The van der Waals surface area contributed by atoms with Gasteiger partial charge in [0.05, 0.1) is 5.56 Å². The molecule has 2 aromatic heterocycles. The number of carbonyl (C=O) groups is 1. The Balaban J connectivity index is 2.76. The second-order valence-electron chi connectivity index (χ2n) is 2.91. The normalized spacial score (nSPS) is 10.6. The summed E-state index contributed by atoms with van der Waals surface area (Å²) in [6.45, 7) is 1.69. The Kier molecular flexibility index (Phi) is 1.63. The van der Waals surface area contributed by atoms with Gasteiger partial charge in [-0.05, 0) is 13.0 Å². The van der Waals surface area contributed by atoms with Crippen LogP contribution in [-0.2, 0) is 0 Å². The van der Waals surface area contributed by atoms with Crippen LogP contribution in [0.25, 0.3) is 5.52 Å². The third-order valence-electron chi connectivity index (χ3n) is 1.84. The van der Waals surface area contributed by atoms with Gasteiger partial charge >= 0.3 is 5.97 Å². The summed E-state index contributed by atoms with van der Waals surface area (Å²) in [6, 6.07) is 1.44. The van der Waals surface area contributed by atoms with Gasteiger partial charge in [-0.3, -0.25) is 0 Å². The van der Waals surface area contributed by atoms with E-state index in [0.29, 0.717) is 11.3 Å². The highest BCUT2D eigenvalue weighted by molar-refractivity contribution is 5.90. The number of aromatic nitrogens is 3. The lowest BCUT2D eigenvalue weighted by molar-refractivity contribution is 0.0697. The number of nitrogen functional groups attached to an aromatic ring is 1. The highest BCUT2D eigenvalue weighted by Gasteiger charge is 2.10. The number of aryl methyl sites for hydroxylation is 1. The number of carboxylic acids is 1. The molecule has 2 rings (SSSR count). The molecule has 0 saturated carbocycles. The van der Waals surface area contributed by atoms with E-state index in [1.165, 1.54) is 16.8 Å². The molecule has 72 valence electrons. The predicted molar refractivity (Wildman–Crippen MR) is 49.1 cm³/mol. The lowest BCUT2D eigenvalue weighted by Gasteiger charge is -1.97. The first kappa shape index (κ1) is 8.49. The molecule has 6 nitrogen and oxygen atoms in total. The number of hydrogen-bond donors (Lipinski definition) is 2. The van der Waals surface area contributed by atoms with Gasteiger partial charge in [0, 0.05) is 6.20 Å². The molecule has 0 bridgehead atoms. The van der Waals surface area contributed by atoms with Gasteiger partial charge in [-0.15, -0.1) is 0 Å². The van der Waals surface area contributed by atoms with Crippen molar-refractivity contribution >= 4 is 17.3 Å². The molecular weight excluding hydrogens is 184 g/mol. The van der Waals surface area contributed by atoms with E-state index in [0.717, 1.165) is 0 Å². The Morgan fingerprint density at radius 2 is 2.36 bits per heavy atom. The number of carboxylic acid groups (broad SMARTS) is 1. The van der Waals surface area contributed by atoms with Gasteiger partial charge in [-0.2, -0.15) is 5.10 Å². The summed E-state index contributed by atoms with van der Waals surface area (Å²) in [4.78, 5) is 14.6. The van der Waals surface area contributed by atoms with Crippen molar-refractivity contribution in [3.05, 3.63) is 23.7 Å². The van der Waals surface area contributed by atoms with Crippen LogP contribution in [0.15, 0.2) is 12.3 Å². The summed E-state index contributed by atoms with van der Waals surface area (Å²) in [7, 11) is 0. The fourth-order valence-corrected chi connectivity index (χ4v) is 1.25. The van der Waals surface area contributed by atoms with Crippen LogP contribution in [0.2, 0.25) is 0 Å². The molecule has 0 aliphatic rings. The summed E-state index contributed by atoms with van der Waals surface area (Å²) >= 11 is 0. The topological polar surface area (TPSA) is 93.5 Å². The number of fused-ring (bicyclic) bond motifs is 1. The van der Waals surface area contributed by atoms with Crippen molar-refractivity contribution in [3.63, 3.8) is 0 Å². The first-order chi connectivity index (χ1) is 6.58. The van der Waals surface area contributed by atoms with Gasteiger partial charge in [-0.25, -0.2) is 14.3 Å². The van der Waals surface area contributed by atoms with E-state index in [4.69, 9.17) is 10.8 Å². The van der Waals surface area contributed by atoms with Crippen molar-refractivity contribution in [1.29, 1.82) is 0 Å². The molecule has 2 aromatic rings. The van der Waals surface area contributed by atoms with E-state index in [1.807, 2.05) is 0 Å².